The van der Waals surface area contributed by atoms with E-state index in [1.165, 1.54) is 0 Å². The topological polar surface area (TPSA) is 87.7 Å². The van der Waals surface area contributed by atoms with E-state index in [0.29, 0.717) is 35.0 Å². The highest BCUT2D eigenvalue weighted by molar-refractivity contribution is 7.98. The van der Waals surface area contributed by atoms with Gasteiger partial charge in [-0.25, -0.2) is 4.79 Å². The van der Waals surface area contributed by atoms with Crippen molar-refractivity contribution in [2.45, 2.75) is 105 Å². The van der Waals surface area contributed by atoms with E-state index < -0.39 is 23.8 Å². The summed E-state index contributed by atoms with van der Waals surface area (Å²) in [5.74, 6) is -0.0255. The number of alkyl carbamates (subject to hydrolysis) is 1. The van der Waals surface area contributed by atoms with Crippen molar-refractivity contribution in [1.29, 1.82) is 0 Å². The number of nitrogens with zero attached hydrogens (tertiary/aromatic N) is 1. The van der Waals surface area contributed by atoms with Crippen molar-refractivity contribution in [3.05, 3.63) is 63.7 Å². The molecular formula is C34H50ClN3O4S. The van der Waals surface area contributed by atoms with Gasteiger partial charge in [0.1, 0.15) is 17.7 Å². The molecule has 2 rings (SSSR count). The van der Waals surface area contributed by atoms with E-state index in [0.717, 1.165) is 48.8 Å². The summed E-state index contributed by atoms with van der Waals surface area (Å²) in [6, 6.07) is 9.49. The molecule has 0 aliphatic carbocycles. The van der Waals surface area contributed by atoms with Gasteiger partial charge in [0.15, 0.2) is 0 Å². The van der Waals surface area contributed by atoms with Crippen LogP contribution < -0.4 is 10.6 Å². The van der Waals surface area contributed by atoms with Crippen LogP contribution in [0.5, 0.6) is 0 Å². The van der Waals surface area contributed by atoms with Crippen molar-refractivity contribution in [1.82, 2.24) is 10.2 Å². The van der Waals surface area contributed by atoms with Crippen molar-refractivity contribution in [3.8, 4) is 0 Å². The van der Waals surface area contributed by atoms with Crippen molar-refractivity contribution < 1.29 is 19.1 Å². The number of carbonyl (C=O) groups excluding carboxylic acids is 3. The first-order valence-corrected chi connectivity index (χ1v) is 17.0. The molecule has 3 amide bonds. The highest BCUT2D eigenvalue weighted by Crippen LogP contribution is 2.31. The average molecular weight is 632 g/mol. The van der Waals surface area contributed by atoms with Crippen LogP contribution in [-0.2, 0) is 14.3 Å². The molecule has 0 fully saturated rings. The smallest absolute Gasteiger partial charge is 0.408 e. The van der Waals surface area contributed by atoms with Gasteiger partial charge < -0.3 is 20.3 Å². The average Bonchev–Trinajstić information content (AvgIpc) is 2.92. The van der Waals surface area contributed by atoms with Gasteiger partial charge in [0, 0.05) is 6.54 Å². The van der Waals surface area contributed by atoms with Crippen LogP contribution in [0.4, 0.5) is 10.5 Å². The van der Waals surface area contributed by atoms with Crippen LogP contribution in [-0.4, -0.2) is 53.0 Å². The quantitative estimate of drug-likeness (QED) is 0.193. The first-order chi connectivity index (χ1) is 20.3. The van der Waals surface area contributed by atoms with E-state index in [9.17, 15) is 14.4 Å². The molecule has 2 aromatic rings. The highest BCUT2D eigenvalue weighted by Gasteiger charge is 2.36. The largest absolute Gasteiger partial charge is 0.444 e. The fourth-order valence-corrected chi connectivity index (χ4v) is 5.53. The maximum absolute atomic E-state index is 14.5. The summed E-state index contributed by atoms with van der Waals surface area (Å²) in [7, 11) is 0. The van der Waals surface area contributed by atoms with Gasteiger partial charge in [0.2, 0.25) is 5.91 Å². The van der Waals surface area contributed by atoms with Gasteiger partial charge in [0.25, 0.3) is 5.91 Å². The number of anilines is 1. The minimum atomic E-state index is -0.939. The van der Waals surface area contributed by atoms with Gasteiger partial charge in [-0.15, -0.1) is 0 Å². The Morgan fingerprint density at radius 1 is 0.977 bits per heavy atom. The van der Waals surface area contributed by atoms with Gasteiger partial charge in [0.05, 0.1) is 10.7 Å². The summed E-state index contributed by atoms with van der Waals surface area (Å²) in [5.41, 5.74) is 3.43. The lowest BCUT2D eigenvalue weighted by Crippen LogP contribution is -2.52. The molecule has 2 atom stereocenters. The fraction of sp³-hybridized carbons (Fsp3) is 0.559. The number of rotatable bonds is 15. The van der Waals surface area contributed by atoms with Crippen LogP contribution in [0.1, 0.15) is 94.5 Å². The molecule has 2 N–H and O–H groups in total. The van der Waals surface area contributed by atoms with Gasteiger partial charge in [-0.05, 0) is 94.7 Å². The number of ether oxygens (including phenoxy) is 1. The lowest BCUT2D eigenvalue weighted by atomic mass is 9.97. The molecule has 0 aromatic heterocycles. The Morgan fingerprint density at radius 2 is 1.67 bits per heavy atom. The first kappa shape index (κ1) is 36.5. The predicted molar refractivity (Wildman–Crippen MR) is 180 cm³/mol. The maximum Gasteiger partial charge on any atom is 0.408 e. The number of hydrogen-bond acceptors (Lipinski definition) is 5. The number of benzene rings is 2. The number of carbonyl (C=O) groups is 3. The number of hydrogen-bond donors (Lipinski definition) is 2. The molecule has 0 saturated heterocycles. The second kappa shape index (κ2) is 17.6. The lowest BCUT2D eigenvalue weighted by molar-refractivity contribution is -0.141. The molecule has 0 aliphatic heterocycles. The third kappa shape index (κ3) is 11.7. The zero-order chi connectivity index (χ0) is 32.2. The van der Waals surface area contributed by atoms with Crippen LogP contribution in [0.15, 0.2) is 36.4 Å². The van der Waals surface area contributed by atoms with E-state index in [2.05, 4.69) is 17.6 Å². The molecule has 2 unspecified atom stereocenters. The van der Waals surface area contributed by atoms with Gasteiger partial charge >= 0.3 is 6.09 Å². The molecule has 2 aromatic carbocycles. The summed E-state index contributed by atoms with van der Waals surface area (Å²) < 4.78 is 5.51. The summed E-state index contributed by atoms with van der Waals surface area (Å²) in [4.78, 5) is 43.2. The monoisotopic (exact) mass is 631 g/mol. The van der Waals surface area contributed by atoms with Crippen LogP contribution in [0.2, 0.25) is 5.02 Å². The second-order valence-corrected chi connectivity index (χ2v) is 13.5. The van der Waals surface area contributed by atoms with Gasteiger partial charge in [-0.1, -0.05) is 74.5 Å². The Kier molecular flexibility index (Phi) is 14.9. The number of amides is 3. The molecule has 9 heteroatoms. The van der Waals surface area contributed by atoms with Gasteiger partial charge in [-0.2, -0.15) is 11.8 Å². The molecular weight excluding hydrogens is 582 g/mol. The predicted octanol–water partition coefficient (Wildman–Crippen LogP) is 8.39. The Morgan fingerprint density at radius 3 is 2.28 bits per heavy atom. The number of aryl methyl sites for hydroxylation is 3. The summed E-state index contributed by atoms with van der Waals surface area (Å²) in [6.45, 7) is 13.8. The van der Waals surface area contributed by atoms with Crippen LogP contribution >= 0.6 is 23.4 Å². The summed E-state index contributed by atoms with van der Waals surface area (Å²) >= 11 is 8.09. The minimum Gasteiger partial charge on any atom is -0.444 e. The van der Waals surface area contributed by atoms with Gasteiger partial charge in [-0.3, -0.25) is 9.59 Å². The zero-order valence-electron chi connectivity index (χ0n) is 27.1. The van der Waals surface area contributed by atoms with Crippen molar-refractivity contribution in [2.75, 3.05) is 23.9 Å². The number of para-hydroxylation sites is 1. The molecule has 0 aliphatic rings. The highest BCUT2D eigenvalue weighted by atomic mass is 35.5. The summed E-state index contributed by atoms with van der Waals surface area (Å²) in [6.07, 6.45) is 6.61. The molecule has 0 saturated carbocycles. The third-order valence-corrected chi connectivity index (χ3v) is 8.22. The van der Waals surface area contributed by atoms with Crippen molar-refractivity contribution in [2.24, 2.45) is 0 Å². The minimum absolute atomic E-state index is 0.315. The number of nitrogens with one attached hydrogen (secondary N) is 2. The number of unbranched alkanes of at least 4 members (excludes halogenated alkanes) is 4. The fourth-order valence-electron chi connectivity index (χ4n) is 4.78. The molecule has 43 heavy (non-hydrogen) atoms. The lowest BCUT2D eigenvalue weighted by Gasteiger charge is -2.35. The standard InChI is InChI=1S/C34H50ClN3O4S/c1-9-10-11-12-13-20-38(32(40)28(19-21-43-8)36-33(41)42-34(5,6)7)30(26-18-17-23(2)25(4)22-26)31(39)37-29-24(3)15-14-16-27(29)35/h14-18,22,28,30H,9-13,19-21H2,1-8H3,(H,36,41)(H,37,39). The molecule has 0 heterocycles. The molecule has 0 spiro atoms. The first-order valence-electron chi connectivity index (χ1n) is 15.2. The Bertz CT molecular complexity index is 1210. The Hall–Kier alpha value is -2.71. The van der Waals surface area contributed by atoms with Crippen molar-refractivity contribution in [3.63, 3.8) is 0 Å². The van der Waals surface area contributed by atoms with Crippen LogP contribution in [0.25, 0.3) is 0 Å². The zero-order valence-corrected chi connectivity index (χ0v) is 28.7. The van der Waals surface area contributed by atoms with Crippen LogP contribution in [0, 0.1) is 20.8 Å². The van der Waals surface area contributed by atoms with E-state index in [1.54, 1.807) is 43.5 Å². The molecule has 238 valence electrons. The van der Waals surface area contributed by atoms with Crippen LogP contribution in [0.3, 0.4) is 0 Å². The molecule has 0 radical (unpaired) electrons. The number of thioether (sulfide) groups is 1. The number of halogens is 1. The Labute approximate surface area is 267 Å². The normalized spacial score (nSPS) is 12.8. The molecule has 7 nitrogen and oxygen atoms in total. The maximum atomic E-state index is 14.5. The van der Waals surface area contributed by atoms with E-state index in [4.69, 9.17) is 16.3 Å². The van der Waals surface area contributed by atoms with E-state index in [-0.39, 0.29) is 11.8 Å². The van der Waals surface area contributed by atoms with E-state index >= 15 is 0 Å². The van der Waals surface area contributed by atoms with Crippen molar-refractivity contribution >= 4 is 47.0 Å². The Balaban J connectivity index is 2.60. The summed E-state index contributed by atoms with van der Waals surface area (Å²) in [5, 5.41) is 6.27. The second-order valence-electron chi connectivity index (χ2n) is 12.1. The third-order valence-electron chi connectivity index (χ3n) is 7.26. The van der Waals surface area contributed by atoms with E-state index in [1.807, 2.05) is 57.4 Å². The SMILES string of the molecule is CCCCCCCN(C(=O)C(CCSC)NC(=O)OC(C)(C)C)C(C(=O)Nc1c(C)cccc1Cl)c1ccc(C)c(C)c1. The molecule has 0 bridgehead atoms.